The van der Waals surface area contributed by atoms with Crippen LogP contribution in [0.25, 0.3) is 0 Å². The van der Waals surface area contributed by atoms with Crippen molar-refractivity contribution in [2.24, 2.45) is 5.92 Å². The lowest BCUT2D eigenvalue weighted by Crippen LogP contribution is -2.34. The van der Waals surface area contributed by atoms with Crippen molar-refractivity contribution in [2.45, 2.75) is 31.7 Å². The van der Waals surface area contributed by atoms with Crippen molar-refractivity contribution >= 4 is 29.0 Å². The highest BCUT2D eigenvalue weighted by molar-refractivity contribution is 6.32. The Kier molecular flexibility index (Phi) is 4.29. The van der Waals surface area contributed by atoms with Gasteiger partial charge in [-0.15, -0.1) is 11.6 Å². The molecule has 1 saturated carbocycles. The van der Waals surface area contributed by atoms with Crippen LogP contribution in [0, 0.1) is 5.92 Å². The zero-order valence-corrected chi connectivity index (χ0v) is 10.9. The van der Waals surface area contributed by atoms with Crippen molar-refractivity contribution in [3.8, 4) is 0 Å². The van der Waals surface area contributed by atoms with E-state index in [0.29, 0.717) is 17.6 Å². The van der Waals surface area contributed by atoms with Crippen LogP contribution in [0.4, 0.5) is 5.82 Å². The first-order valence-corrected chi connectivity index (χ1v) is 6.69. The topological polar surface area (TPSA) is 57.8 Å². The van der Waals surface area contributed by atoms with Crippen molar-refractivity contribution in [1.82, 2.24) is 9.97 Å². The average Bonchev–Trinajstić information content (AvgIpc) is 2.35. The van der Waals surface area contributed by atoms with Crippen molar-refractivity contribution in [2.75, 3.05) is 11.2 Å². The van der Waals surface area contributed by atoms with E-state index in [0.717, 1.165) is 12.8 Å². The molecule has 1 aromatic rings. The molecule has 1 aliphatic carbocycles. The zero-order valence-electron chi connectivity index (χ0n) is 9.38. The molecule has 0 bridgehead atoms. The maximum atomic E-state index is 11.3. The second-order valence-electron chi connectivity index (χ2n) is 4.34. The molecule has 0 aliphatic heterocycles. The maximum Gasteiger partial charge on any atom is 0.271 e. The van der Waals surface area contributed by atoms with Crippen molar-refractivity contribution in [3.63, 3.8) is 0 Å². The van der Waals surface area contributed by atoms with Crippen LogP contribution in [-0.2, 0) is 0 Å². The standard InChI is InChI=1S/C11H15Cl2N3O/c12-5-7-3-1-2-4-8(7)16-10-9(13)11(17)15-6-14-10/h6-8H,1-5H2,(H2,14,15,16,17). The largest absolute Gasteiger partial charge is 0.366 e. The normalized spacial score (nSPS) is 24.6. The first-order valence-electron chi connectivity index (χ1n) is 5.78. The molecule has 0 aromatic carbocycles. The third-order valence-electron chi connectivity index (χ3n) is 3.23. The average molecular weight is 276 g/mol. The van der Waals surface area contributed by atoms with E-state index in [-0.39, 0.29) is 16.6 Å². The number of halogens is 2. The molecule has 0 saturated heterocycles. The van der Waals surface area contributed by atoms with Gasteiger partial charge in [-0.05, 0) is 18.8 Å². The number of anilines is 1. The number of aromatic nitrogens is 2. The summed E-state index contributed by atoms with van der Waals surface area (Å²) in [5.41, 5.74) is -0.317. The molecule has 0 amide bonds. The molecule has 2 N–H and O–H groups in total. The van der Waals surface area contributed by atoms with Gasteiger partial charge in [-0.1, -0.05) is 24.4 Å². The van der Waals surface area contributed by atoms with Gasteiger partial charge in [0.05, 0.1) is 6.33 Å². The van der Waals surface area contributed by atoms with E-state index in [1.54, 1.807) is 0 Å². The minimum Gasteiger partial charge on any atom is -0.366 e. The number of rotatable bonds is 3. The van der Waals surface area contributed by atoms with Gasteiger partial charge in [0.2, 0.25) is 0 Å². The molecule has 1 heterocycles. The Bertz CT molecular complexity index is 435. The van der Waals surface area contributed by atoms with Gasteiger partial charge < -0.3 is 10.3 Å². The van der Waals surface area contributed by atoms with E-state index in [9.17, 15) is 4.79 Å². The predicted octanol–water partition coefficient (Wildman–Crippen LogP) is 2.63. The number of alkyl halides is 1. The molecule has 6 heteroatoms. The summed E-state index contributed by atoms with van der Waals surface area (Å²) in [6.45, 7) is 0. The minimum atomic E-state index is -0.317. The Balaban J connectivity index is 2.13. The minimum absolute atomic E-state index is 0.117. The summed E-state index contributed by atoms with van der Waals surface area (Å²) < 4.78 is 0. The molecule has 1 aromatic heterocycles. The van der Waals surface area contributed by atoms with Crippen LogP contribution in [0.2, 0.25) is 5.02 Å². The zero-order chi connectivity index (χ0) is 12.3. The monoisotopic (exact) mass is 275 g/mol. The molecular formula is C11H15Cl2N3O. The predicted molar refractivity (Wildman–Crippen MR) is 70.0 cm³/mol. The van der Waals surface area contributed by atoms with E-state index in [1.807, 2.05) is 0 Å². The highest BCUT2D eigenvalue weighted by Crippen LogP contribution is 2.28. The fraction of sp³-hybridized carbons (Fsp3) is 0.636. The van der Waals surface area contributed by atoms with E-state index >= 15 is 0 Å². The summed E-state index contributed by atoms with van der Waals surface area (Å²) in [5, 5.41) is 3.36. The molecule has 2 atom stereocenters. The van der Waals surface area contributed by atoms with Gasteiger partial charge in [-0.2, -0.15) is 0 Å². The van der Waals surface area contributed by atoms with Crippen molar-refractivity contribution < 1.29 is 0 Å². The quantitative estimate of drug-likeness (QED) is 0.834. The number of nitrogens with zero attached hydrogens (tertiary/aromatic N) is 1. The maximum absolute atomic E-state index is 11.3. The lowest BCUT2D eigenvalue weighted by Gasteiger charge is -2.31. The summed E-state index contributed by atoms with van der Waals surface area (Å²) >= 11 is 11.9. The number of H-pyrrole nitrogens is 1. The Labute approximate surface area is 110 Å². The van der Waals surface area contributed by atoms with Gasteiger partial charge >= 0.3 is 0 Å². The van der Waals surface area contributed by atoms with Crippen LogP contribution < -0.4 is 10.9 Å². The van der Waals surface area contributed by atoms with E-state index in [4.69, 9.17) is 23.2 Å². The Hall–Kier alpha value is -0.740. The summed E-state index contributed by atoms with van der Waals surface area (Å²) in [6, 6.07) is 0.257. The number of hydrogen-bond acceptors (Lipinski definition) is 3. The first kappa shape index (κ1) is 12.7. The smallest absolute Gasteiger partial charge is 0.271 e. The fourth-order valence-electron chi connectivity index (χ4n) is 2.24. The summed E-state index contributed by atoms with van der Waals surface area (Å²) in [5.74, 6) is 1.50. The van der Waals surface area contributed by atoms with Gasteiger partial charge in [-0.25, -0.2) is 4.98 Å². The SMILES string of the molecule is O=c1[nH]cnc(NC2CCCCC2CCl)c1Cl. The molecular weight excluding hydrogens is 261 g/mol. The van der Waals surface area contributed by atoms with Crippen LogP contribution in [0.3, 0.4) is 0 Å². The van der Waals surface area contributed by atoms with E-state index in [2.05, 4.69) is 15.3 Å². The second kappa shape index (κ2) is 5.74. The molecule has 17 heavy (non-hydrogen) atoms. The molecule has 0 radical (unpaired) electrons. The number of nitrogens with one attached hydrogen (secondary N) is 2. The van der Waals surface area contributed by atoms with Crippen LogP contribution in [0.1, 0.15) is 25.7 Å². The Morgan fingerprint density at radius 3 is 3.00 bits per heavy atom. The molecule has 0 spiro atoms. The van der Waals surface area contributed by atoms with E-state index in [1.165, 1.54) is 19.2 Å². The van der Waals surface area contributed by atoms with Crippen LogP contribution in [0.15, 0.2) is 11.1 Å². The number of aromatic amines is 1. The molecule has 2 unspecified atom stereocenters. The Morgan fingerprint density at radius 1 is 1.47 bits per heavy atom. The van der Waals surface area contributed by atoms with E-state index < -0.39 is 0 Å². The highest BCUT2D eigenvalue weighted by atomic mass is 35.5. The van der Waals surface area contributed by atoms with Crippen molar-refractivity contribution in [3.05, 3.63) is 21.7 Å². The summed E-state index contributed by atoms with van der Waals surface area (Å²) in [4.78, 5) is 17.8. The Morgan fingerprint density at radius 2 is 2.24 bits per heavy atom. The first-order chi connectivity index (χ1) is 8.22. The summed E-state index contributed by atoms with van der Waals surface area (Å²) in [6.07, 6.45) is 5.90. The fourth-order valence-corrected chi connectivity index (χ4v) is 2.77. The summed E-state index contributed by atoms with van der Waals surface area (Å²) in [7, 11) is 0. The molecule has 1 aliphatic rings. The van der Waals surface area contributed by atoms with Gasteiger partial charge in [0.1, 0.15) is 5.02 Å². The van der Waals surface area contributed by atoms with Gasteiger partial charge in [0.25, 0.3) is 5.56 Å². The molecule has 4 nitrogen and oxygen atoms in total. The third kappa shape index (κ3) is 2.93. The van der Waals surface area contributed by atoms with Gasteiger partial charge in [0, 0.05) is 11.9 Å². The third-order valence-corrected chi connectivity index (χ3v) is 3.97. The van der Waals surface area contributed by atoms with Gasteiger partial charge in [-0.3, -0.25) is 4.79 Å². The van der Waals surface area contributed by atoms with Crippen LogP contribution in [-0.4, -0.2) is 21.9 Å². The number of hydrogen-bond donors (Lipinski definition) is 2. The van der Waals surface area contributed by atoms with Crippen molar-refractivity contribution in [1.29, 1.82) is 0 Å². The van der Waals surface area contributed by atoms with Gasteiger partial charge in [0.15, 0.2) is 5.82 Å². The lowest BCUT2D eigenvalue weighted by atomic mass is 9.86. The van der Waals surface area contributed by atoms with Crippen LogP contribution >= 0.6 is 23.2 Å². The molecule has 1 fully saturated rings. The molecule has 2 rings (SSSR count). The van der Waals surface area contributed by atoms with Crippen LogP contribution in [0.5, 0.6) is 0 Å². The highest BCUT2D eigenvalue weighted by Gasteiger charge is 2.25. The molecule has 94 valence electrons. The second-order valence-corrected chi connectivity index (χ2v) is 5.03. The lowest BCUT2D eigenvalue weighted by molar-refractivity contribution is 0.352.